The number of aromatic nitrogens is 3. The van der Waals surface area contributed by atoms with E-state index < -0.39 is 57.2 Å². The molecule has 5 rings (SSSR count). The van der Waals surface area contributed by atoms with Crippen LogP contribution in [-0.4, -0.2) is 79.6 Å². The zero-order valence-electron chi connectivity index (χ0n) is 27.4. The molecule has 2 aromatic heterocycles. The summed E-state index contributed by atoms with van der Waals surface area (Å²) >= 11 is 0.978. The highest BCUT2D eigenvalue weighted by molar-refractivity contribution is 7.80. The predicted molar refractivity (Wildman–Crippen MR) is 174 cm³/mol. The van der Waals surface area contributed by atoms with E-state index in [0.717, 1.165) is 47.4 Å². The fourth-order valence-corrected chi connectivity index (χ4v) is 6.61. The lowest BCUT2D eigenvalue weighted by Crippen LogP contribution is -2.76. The average Bonchev–Trinajstić information content (AvgIpc) is 3.64. The van der Waals surface area contributed by atoms with Crippen LogP contribution in [0.3, 0.4) is 0 Å². The number of nitrogens with zero attached hydrogens (tertiary/aromatic N) is 5. The number of nitrogens with one attached hydrogen (secondary N) is 1. The van der Waals surface area contributed by atoms with Crippen LogP contribution in [0.1, 0.15) is 58.2 Å². The number of nitrogens with two attached hydrogens (primary N) is 1. The minimum absolute atomic E-state index is 0.0669. The van der Waals surface area contributed by atoms with Crippen LogP contribution in [0.5, 0.6) is 5.75 Å². The van der Waals surface area contributed by atoms with Crippen LogP contribution in [0.2, 0.25) is 0 Å². The zero-order chi connectivity index (χ0) is 35.9. The summed E-state index contributed by atoms with van der Waals surface area (Å²) in [5.41, 5.74) is 4.62. The molecule has 2 aliphatic heterocycles. The monoisotopic (exact) mass is 720 g/mol. The number of hydroxylamine groups is 2. The molecule has 4 heterocycles. The predicted octanol–water partition coefficient (Wildman–Crippen LogP) is 1.62. The molecule has 1 saturated heterocycles. The van der Waals surface area contributed by atoms with Gasteiger partial charge in [0.05, 0.1) is 23.8 Å². The van der Waals surface area contributed by atoms with Crippen molar-refractivity contribution in [1.82, 2.24) is 20.0 Å². The third-order valence-corrected chi connectivity index (χ3v) is 9.58. The first-order valence-electron chi connectivity index (χ1n) is 15.3. The fourth-order valence-electron chi connectivity index (χ4n) is 5.60. The highest BCUT2D eigenvalue weighted by Crippen LogP contribution is 2.37. The van der Waals surface area contributed by atoms with Crippen molar-refractivity contribution in [3.8, 4) is 16.9 Å². The number of nitrogen functional groups attached to an aromatic ring is 1. The van der Waals surface area contributed by atoms with E-state index in [2.05, 4.69) is 37.5 Å². The molecule has 0 spiro atoms. The third-order valence-electron chi connectivity index (χ3n) is 8.57. The van der Waals surface area contributed by atoms with Crippen LogP contribution in [0.25, 0.3) is 11.1 Å². The Morgan fingerprint density at radius 2 is 2.06 bits per heavy atom. The molecule has 1 aromatic carbocycles. The molecule has 0 unspecified atom stereocenters. The van der Waals surface area contributed by atoms with Gasteiger partial charge in [0.15, 0.2) is 24.0 Å². The number of aliphatic carboxylic acids is 1. The van der Waals surface area contributed by atoms with E-state index in [1.807, 2.05) is 30.1 Å². The van der Waals surface area contributed by atoms with Crippen molar-refractivity contribution in [2.45, 2.75) is 83.2 Å². The van der Waals surface area contributed by atoms with E-state index in [1.54, 1.807) is 6.07 Å². The van der Waals surface area contributed by atoms with Crippen molar-refractivity contribution in [2.24, 2.45) is 12.2 Å². The lowest BCUT2D eigenvalue weighted by molar-refractivity contribution is -0.753. The SMILES string of the molecule is CCCCn1cc(-c2ccc3c(c2)CC[C@H]([C@](C)(O/N=C(\C(=O)N[C@@H]2C(=O)N(OS(=O)(=O)O)C2(C)C)c2csc(N)n2)C(=O)O)O3)c[n+]1C. The van der Waals surface area contributed by atoms with Gasteiger partial charge in [-0.05, 0) is 63.3 Å². The highest BCUT2D eigenvalue weighted by Gasteiger charge is 2.58. The number of thiazole rings is 1. The largest absolute Gasteiger partial charge is 0.485 e. The summed E-state index contributed by atoms with van der Waals surface area (Å²) in [5.74, 6) is -2.91. The van der Waals surface area contributed by atoms with Gasteiger partial charge in [0.25, 0.3) is 17.4 Å². The summed E-state index contributed by atoms with van der Waals surface area (Å²) in [4.78, 5) is 48.4. The topological polar surface area (TPSA) is 229 Å². The second kappa shape index (κ2) is 13.4. The molecule has 0 aliphatic carbocycles. The van der Waals surface area contributed by atoms with Gasteiger partial charge in [-0.3, -0.25) is 14.1 Å². The van der Waals surface area contributed by atoms with Gasteiger partial charge >= 0.3 is 16.4 Å². The first-order valence-corrected chi connectivity index (χ1v) is 17.6. The van der Waals surface area contributed by atoms with Crippen molar-refractivity contribution in [3.05, 3.63) is 47.2 Å². The number of oxime groups is 1. The van der Waals surface area contributed by atoms with Crippen molar-refractivity contribution in [3.63, 3.8) is 0 Å². The molecular formula is C30H38N7O10S2+. The van der Waals surface area contributed by atoms with Crippen LogP contribution in [0, 0.1) is 0 Å². The third kappa shape index (κ3) is 7.24. The molecular weight excluding hydrogens is 683 g/mol. The summed E-state index contributed by atoms with van der Waals surface area (Å²) in [7, 11) is -3.03. The normalized spacial score (nSPS) is 20.1. The summed E-state index contributed by atoms with van der Waals surface area (Å²) in [6.07, 6.45) is 5.98. The van der Waals surface area contributed by atoms with E-state index in [-0.39, 0.29) is 17.2 Å². The fraction of sp³-hybridized carbons (Fsp3) is 0.467. The number of rotatable bonds is 13. The number of unbranched alkanes of at least 4 members (excludes halogenated alkanes) is 1. The number of carbonyl (C=O) groups is 3. The van der Waals surface area contributed by atoms with Crippen molar-refractivity contribution in [2.75, 3.05) is 5.73 Å². The van der Waals surface area contributed by atoms with Gasteiger partial charge in [-0.2, -0.15) is 18.2 Å². The number of carbonyl (C=O) groups excluding carboxylic acids is 2. The number of amides is 2. The van der Waals surface area contributed by atoms with Gasteiger partial charge in [-0.25, -0.2) is 9.78 Å². The smallest absolute Gasteiger partial charge is 0.418 e. The van der Waals surface area contributed by atoms with Crippen LogP contribution < -0.4 is 20.5 Å². The van der Waals surface area contributed by atoms with Crippen LogP contribution >= 0.6 is 11.3 Å². The second-order valence-corrected chi connectivity index (χ2v) is 14.4. The Morgan fingerprint density at radius 3 is 2.67 bits per heavy atom. The van der Waals surface area contributed by atoms with E-state index in [9.17, 15) is 27.9 Å². The van der Waals surface area contributed by atoms with Gasteiger partial charge in [-0.1, -0.05) is 24.6 Å². The Hall–Kier alpha value is -4.59. The number of carboxylic acids is 1. The average molecular weight is 721 g/mol. The van der Waals surface area contributed by atoms with Gasteiger partial charge in [0, 0.05) is 5.38 Å². The maximum absolute atomic E-state index is 13.5. The standard InChI is InChI=1S/C30H37N7O10S2/c1-6-7-12-36-15-19(14-35(36)5)17-8-10-21-18(13-17)9-11-22(45-21)30(4,27(40)41)46-34-23(20-16-48-28(31)32-20)25(38)33-24-26(39)37(29(24,2)3)47-49(42,43)44/h8,10,13-16,22,24H,6-7,9,11-12H2,1-5H3,(H4-,31,32,33,38,40,41,42,43,44)/p+1/b34-23-/t22-,24-,30+/m1/s1. The Bertz CT molecular complexity index is 1920. The molecule has 264 valence electrons. The molecule has 2 aliphatic rings. The lowest BCUT2D eigenvalue weighted by Gasteiger charge is -2.50. The maximum atomic E-state index is 13.5. The number of benzene rings is 1. The highest BCUT2D eigenvalue weighted by atomic mass is 32.3. The molecule has 2 amide bonds. The quantitative estimate of drug-likeness (QED) is 0.0649. The summed E-state index contributed by atoms with van der Waals surface area (Å²) in [6, 6.07) is 4.38. The molecule has 3 atom stereocenters. The van der Waals surface area contributed by atoms with Crippen molar-refractivity contribution >= 4 is 50.4 Å². The van der Waals surface area contributed by atoms with Gasteiger partial charge in [-0.15, -0.1) is 20.3 Å². The van der Waals surface area contributed by atoms with E-state index >= 15 is 0 Å². The number of hydrogen-bond acceptors (Lipinski definition) is 12. The van der Waals surface area contributed by atoms with Gasteiger partial charge in [0.2, 0.25) is 6.20 Å². The molecule has 0 bridgehead atoms. The Labute approximate surface area is 286 Å². The summed E-state index contributed by atoms with van der Waals surface area (Å²) < 4.78 is 46.0. The second-order valence-electron chi connectivity index (χ2n) is 12.5. The molecule has 0 radical (unpaired) electrons. The van der Waals surface area contributed by atoms with Crippen LogP contribution in [0.15, 0.2) is 41.1 Å². The summed E-state index contributed by atoms with van der Waals surface area (Å²) in [6.45, 7) is 7.08. The minimum Gasteiger partial charge on any atom is -0.485 e. The molecule has 0 saturated carbocycles. The van der Waals surface area contributed by atoms with Gasteiger partial charge < -0.3 is 25.7 Å². The van der Waals surface area contributed by atoms with E-state index in [4.69, 9.17) is 19.9 Å². The minimum atomic E-state index is -5.02. The Morgan fingerprint density at radius 1 is 1.33 bits per heavy atom. The van der Waals surface area contributed by atoms with Gasteiger partial charge in [0.1, 0.15) is 17.5 Å². The van der Waals surface area contributed by atoms with Crippen molar-refractivity contribution in [1.29, 1.82) is 0 Å². The number of ether oxygens (including phenoxy) is 1. The number of carboxylic acid groups (broad SMARTS) is 1. The zero-order valence-corrected chi connectivity index (χ0v) is 29.1. The van der Waals surface area contributed by atoms with Crippen LogP contribution in [-0.2, 0) is 53.9 Å². The van der Waals surface area contributed by atoms with E-state index in [1.165, 1.54) is 26.2 Å². The first-order chi connectivity index (χ1) is 22.9. The Kier molecular flexibility index (Phi) is 9.75. The maximum Gasteiger partial charge on any atom is 0.418 e. The molecule has 49 heavy (non-hydrogen) atoms. The Balaban J connectivity index is 1.36. The molecule has 3 aromatic rings. The number of aryl methyl sites for hydroxylation is 3. The lowest BCUT2D eigenvalue weighted by atomic mass is 9.84. The number of fused-ring (bicyclic) bond motifs is 1. The number of anilines is 1. The molecule has 17 nitrogen and oxygen atoms in total. The van der Waals surface area contributed by atoms with E-state index in [0.29, 0.717) is 17.2 Å². The molecule has 5 N–H and O–H groups in total. The summed E-state index contributed by atoms with van der Waals surface area (Å²) in [5, 5.41) is 18.5. The van der Waals surface area contributed by atoms with Crippen molar-refractivity contribution < 1.29 is 51.0 Å². The number of hydrogen-bond donors (Lipinski definition) is 4. The molecule has 1 fully saturated rings. The number of β-lactam (4-membered cyclic amide) rings is 1. The first kappa shape index (κ1) is 35.7. The van der Waals surface area contributed by atoms with Crippen LogP contribution in [0.4, 0.5) is 5.13 Å². The molecule has 19 heteroatoms.